The molecule has 0 saturated heterocycles. The van der Waals surface area contributed by atoms with Crippen LogP contribution in [0.4, 0.5) is 0 Å². The monoisotopic (exact) mass is 306 g/mol. The van der Waals surface area contributed by atoms with Gasteiger partial charge >= 0.3 is 5.97 Å². The smallest absolute Gasteiger partial charge is 0.340 e. The first kappa shape index (κ1) is 14.6. The fourth-order valence-corrected chi connectivity index (χ4v) is 1.89. The highest BCUT2D eigenvalue weighted by Crippen LogP contribution is 2.05. The Hall–Kier alpha value is -3.28. The normalized spacial score (nSPS) is 10.8. The Labute approximate surface area is 133 Å². The van der Waals surface area contributed by atoms with Crippen LogP contribution in [0.2, 0.25) is 0 Å². The van der Waals surface area contributed by atoms with Crippen molar-refractivity contribution in [3.63, 3.8) is 0 Å². The van der Waals surface area contributed by atoms with Gasteiger partial charge in [-0.2, -0.15) is 0 Å². The Morgan fingerprint density at radius 3 is 2.83 bits per heavy atom. The van der Waals surface area contributed by atoms with Crippen molar-refractivity contribution in [2.75, 3.05) is 0 Å². The van der Waals surface area contributed by atoms with Crippen molar-refractivity contribution in [1.82, 2.24) is 20.0 Å². The molecule has 0 bridgehead atoms. The van der Waals surface area contributed by atoms with Crippen molar-refractivity contribution in [1.29, 1.82) is 0 Å². The zero-order valence-electron chi connectivity index (χ0n) is 12.2. The predicted octanol–water partition coefficient (Wildman–Crippen LogP) is 2.66. The average molecular weight is 306 g/mol. The molecule has 0 atom stereocenters. The molecule has 0 amide bonds. The van der Waals surface area contributed by atoms with Crippen LogP contribution >= 0.6 is 0 Å². The first-order valence-electron chi connectivity index (χ1n) is 7.02. The third-order valence-electron chi connectivity index (χ3n) is 3.03. The van der Waals surface area contributed by atoms with Gasteiger partial charge in [0.2, 0.25) is 0 Å². The Balaban J connectivity index is 1.57. The molecule has 3 aromatic rings. The quantitative estimate of drug-likeness (QED) is 0.678. The SMILES string of the molecule is O=C(OCc1cn(/C=C/c2ccccc2)nn1)c1cccnc1. The number of hydrogen-bond donors (Lipinski definition) is 0. The second-order valence-electron chi connectivity index (χ2n) is 4.73. The van der Waals surface area contributed by atoms with E-state index >= 15 is 0 Å². The fourth-order valence-electron chi connectivity index (χ4n) is 1.89. The third-order valence-corrected chi connectivity index (χ3v) is 3.03. The molecule has 0 unspecified atom stereocenters. The highest BCUT2D eigenvalue weighted by molar-refractivity contribution is 5.88. The summed E-state index contributed by atoms with van der Waals surface area (Å²) in [6.45, 7) is 0.0624. The molecule has 0 spiro atoms. The van der Waals surface area contributed by atoms with E-state index in [9.17, 15) is 4.79 Å². The number of esters is 1. The van der Waals surface area contributed by atoms with E-state index < -0.39 is 5.97 Å². The molecular formula is C17H14N4O2. The summed E-state index contributed by atoms with van der Waals surface area (Å²) in [5.41, 5.74) is 2.04. The van der Waals surface area contributed by atoms with E-state index in [0.717, 1.165) is 5.56 Å². The van der Waals surface area contributed by atoms with Gasteiger partial charge in [-0.05, 0) is 23.8 Å². The number of carbonyl (C=O) groups excluding carboxylic acids is 1. The van der Waals surface area contributed by atoms with Crippen molar-refractivity contribution in [3.05, 3.63) is 77.9 Å². The van der Waals surface area contributed by atoms with E-state index in [1.54, 1.807) is 35.4 Å². The molecule has 6 nitrogen and oxygen atoms in total. The van der Waals surface area contributed by atoms with Gasteiger partial charge in [0.1, 0.15) is 12.3 Å². The first-order chi connectivity index (χ1) is 11.3. The zero-order chi connectivity index (χ0) is 15.9. The maximum Gasteiger partial charge on any atom is 0.340 e. The molecule has 0 aliphatic heterocycles. The molecule has 0 fully saturated rings. The molecule has 0 aliphatic rings. The van der Waals surface area contributed by atoms with Crippen LogP contribution in [0.15, 0.2) is 61.1 Å². The molecule has 0 N–H and O–H groups in total. The van der Waals surface area contributed by atoms with E-state index in [1.165, 1.54) is 6.20 Å². The van der Waals surface area contributed by atoms with Crippen LogP contribution < -0.4 is 0 Å². The summed E-state index contributed by atoms with van der Waals surface area (Å²) in [7, 11) is 0. The van der Waals surface area contributed by atoms with E-state index in [-0.39, 0.29) is 6.61 Å². The van der Waals surface area contributed by atoms with Gasteiger partial charge in [-0.15, -0.1) is 5.10 Å². The Kier molecular flexibility index (Phi) is 4.54. The molecule has 114 valence electrons. The minimum Gasteiger partial charge on any atom is -0.455 e. The summed E-state index contributed by atoms with van der Waals surface area (Å²) in [5, 5.41) is 7.92. The van der Waals surface area contributed by atoms with Gasteiger partial charge in [0.25, 0.3) is 0 Å². The molecule has 2 aromatic heterocycles. The number of pyridine rings is 1. The second-order valence-corrected chi connectivity index (χ2v) is 4.73. The van der Waals surface area contributed by atoms with Gasteiger partial charge in [0.05, 0.1) is 11.8 Å². The Morgan fingerprint density at radius 2 is 2.04 bits per heavy atom. The lowest BCUT2D eigenvalue weighted by Gasteiger charge is -2.01. The number of carbonyl (C=O) groups is 1. The lowest BCUT2D eigenvalue weighted by molar-refractivity contribution is 0.0467. The molecular weight excluding hydrogens is 292 g/mol. The van der Waals surface area contributed by atoms with Crippen LogP contribution in [-0.2, 0) is 11.3 Å². The number of ether oxygens (including phenoxy) is 1. The highest BCUT2D eigenvalue weighted by atomic mass is 16.5. The summed E-state index contributed by atoms with van der Waals surface area (Å²) in [4.78, 5) is 15.7. The molecule has 3 rings (SSSR count). The van der Waals surface area contributed by atoms with Gasteiger partial charge in [-0.1, -0.05) is 35.5 Å². The number of benzene rings is 1. The van der Waals surface area contributed by atoms with Crippen LogP contribution in [0.25, 0.3) is 12.3 Å². The van der Waals surface area contributed by atoms with E-state index in [1.807, 2.05) is 36.4 Å². The van der Waals surface area contributed by atoms with Crippen LogP contribution in [0.3, 0.4) is 0 Å². The second kappa shape index (κ2) is 7.13. The molecule has 0 aliphatic carbocycles. The number of aromatic nitrogens is 4. The number of hydrogen-bond acceptors (Lipinski definition) is 5. The summed E-state index contributed by atoms with van der Waals surface area (Å²) in [6.07, 6.45) is 8.47. The maximum atomic E-state index is 11.8. The van der Waals surface area contributed by atoms with Crippen LogP contribution in [0.5, 0.6) is 0 Å². The molecule has 6 heteroatoms. The highest BCUT2D eigenvalue weighted by Gasteiger charge is 2.08. The van der Waals surface area contributed by atoms with Crippen molar-refractivity contribution < 1.29 is 9.53 Å². The maximum absolute atomic E-state index is 11.8. The number of nitrogens with zero attached hydrogens (tertiary/aromatic N) is 4. The molecule has 0 radical (unpaired) electrons. The molecule has 23 heavy (non-hydrogen) atoms. The van der Waals surface area contributed by atoms with Gasteiger partial charge in [-0.3, -0.25) is 4.98 Å². The molecule has 1 aromatic carbocycles. The topological polar surface area (TPSA) is 69.9 Å². The van der Waals surface area contributed by atoms with Crippen molar-refractivity contribution in [2.24, 2.45) is 0 Å². The fraction of sp³-hybridized carbons (Fsp3) is 0.0588. The minimum absolute atomic E-state index is 0.0624. The van der Waals surface area contributed by atoms with Gasteiger partial charge in [0.15, 0.2) is 0 Å². The van der Waals surface area contributed by atoms with E-state index in [0.29, 0.717) is 11.3 Å². The van der Waals surface area contributed by atoms with E-state index in [2.05, 4.69) is 15.3 Å². The Morgan fingerprint density at radius 1 is 1.17 bits per heavy atom. The molecule has 0 saturated carbocycles. The average Bonchev–Trinajstić information content (AvgIpc) is 3.07. The van der Waals surface area contributed by atoms with Gasteiger partial charge in [-0.25, -0.2) is 9.48 Å². The standard InChI is InChI=1S/C17H14N4O2/c22-17(15-7-4-9-18-11-15)23-13-16-12-21(20-19-16)10-8-14-5-2-1-3-6-14/h1-12H,13H2/b10-8+. The predicted molar refractivity (Wildman–Crippen MR) is 85.0 cm³/mol. The lowest BCUT2D eigenvalue weighted by Crippen LogP contribution is -2.05. The summed E-state index contributed by atoms with van der Waals surface area (Å²) in [5.74, 6) is -0.438. The van der Waals surface area contributed by atoms with Crippen molar-refractivity contribution >= 4 is 18.2 Å². The summed E-state index contributed by atoms with van der Waals surface area (Å²) < 4.78 is 6.74. The van der Waals surface area contributed by atoms with Crippen molar-refractivity contribution in [3.8, 4) is 0 Å². The first-order valence-corrected chi connectivity index (χ1v) is 7.02. The zero-order valence-corrected chi connectivity index (χ0v) is 12.2. The molecule has 2 heterocycles. The third kappa shape index (κ3) is 4.10. The van der Waals surface area contributed by atoms with Crippen LogP contribution in [-0.4, -0.2) is 25.9 Å². The van der Waals surface area contributed by atoms with Crippen molar-refractivity contribution in [2.45, 2.75) is 6.61 Å². The van der Waals surface area contributed by atoms with Crippen LogP contribution in [0, 0.1) is 0 Å². The summed E-state index contributed by atoms with van der Waals surface area (Å²) in [6, 6.07) is 13.2. The van der Waals surface area contributed by atoms with Crippen LogP contribution in [0.1, 0.15) is 21.6 Å². The lowest BCUT2D eigenvalue weighted by atomic mass is 10.2. The largest absolute Gasteiger partial charge is 0.455 e. The van der Waals surface area contributed by atoms with Gasteiger partial charge in [0, 0.05) is 18.6 Å². The summed E-state index contributed by atoms with van der Waals surface area (Å²) >= 11 is 0. The minimum atomic E-state index is -0.438. The van der Waals surface area contributed by atoms with Gasteiger partial charge < -0.3 is 4.74 Å². The number of rotatable bonds is 5. The van der Waals surface area contributed by atoms with E-state index in [4.69, 9.17) is 4.74 Å². The Bertz CT molecular complexity index is 798.